The van der Waals surface area contributed by atoms with E-state index < -0.39 is 11.7 Å². The molecule has 2 aromatic carbocycles. The van der Waals surface area contributed by atoms with Crippen LogP contribution in [-0.2, 0) is 0 Å². The average molecular weight is 281 g/mol. The Morgan fingerprint density at radius 2 is 2.00 bits per heavy atom. The highest BCUT2D eigenvalue weighted by atomic mass is 35.5. The van der Waals surface area contributed by atoms with E-state index in [2.05, 4.69) is 5.32 Å². The Labute approximate surface area is 113 Å². The Kier molecular flexibility index (Phi) is 3.57. The maximum atomic E-state index is 13.0. The van der Waals surface area contributed by atoms with E-state index in [1.54, 1.807) is 0 Å². The van der Waals surface area contributed by atoms with Crippen molar-refractivity contribution in [2.24, 2.45) is 0 Å². The van der Waals surface area contributed by atoms with Crippen molar-refractivity contribution < 1.29 is 14.3 Å². The van der Waals surface area contributed by atoms with Crippen LogP contribution in [-0.4, -0.2) is 11.0 Å². The fraction of sp³-hybridized carbons (Fsp3) is 0. The first-order valence-electron chi connectivity index (χ1n) is 5.32. The van der Waals surface area contributed by atoms with Gasteiger partial charge in [-0.1, -0.05) is 11.6 Å². The summed E-state index contributed by atoms with van der Waals surface area (Å²) in [4.78, 5) is 11.9. The van der Waals surface area contributed by atoms with Crippen LogP contribution in [0.2, 0.25) is 5.02 Å². The predicted octanol–water partition coefficient (Wildman–Crippen LogP) is 3.02. The van der Waals surface area contributed by atoms with Crippen LogP contribution in [0.3, 0.4) is 0 Å². The van der Waals surface area contributed by atoms with E-state index in [4.69, 9.17) is 17.3 Å². The summed E-state index contributed by atoms with van der Waals surface area (Å²) >= 11 is 5.60. The van der Waals surface area contributed by atoms with Crippen LogP contribution in [0.25, 0.3) is 0 Å². The Morgan fingerprint density at radius 3 is 2.63 bits per heavy atom. The number of amides is 1. The lowest BCUT2D eigenvalue weighted by molar-refractivity contribution is 0.102. The van der Waals surface area contributed by atoms with Crippen molar-refractivity contribution in [3.63, 3.8) is 0 Å². The van der Waals surface area contributed by atoms with Gasteiger partial charge in [-0.2, -0.15) is 0 Å². The Balaban J connectivity index is 2.23. The van der Waals surface area contributed by atoms with Gasteiger partial charge in [0.2, 0.25) is 0 Å². The smallest absolute Gasteiger partial charge is 0.255 e. The highest BCUT2D eigenvalue weighted by Gasteiger charge is 2.10. The number of nitrogen functional groups attached to an aromatic ring is 1. The summed E-state index contributed by atoms with van der Waals surface area (Å²) in [5, 5.41) is 11.6. The number of rotatable bonds is 2. The lowest BCUT2D eigenvalue weighted by atomic mass is 10.2. The number of phenolic OH excluding ortho intramolecular Hbond substituents is 1. The summed E-state index contributed by atoms with van der Waals surface area (Å²) in [5.41, 5.74) is 6.42. The molecule has 98 valence electrons. The maximum Gasteiger partial charge on any atom is 0.255 e. The number of carbonyl (C=O) groups is 1. The molecule has 0 spiro atoms. The van der Waals surface area contributed by atoms with Gasteiger partial charge in [0.15, 0.2) is 0 Å². The Hall–Kier alpha value is -2.27. The van der Waals surface area contributed by atoms with Crippen LogP contribution >= 0.6 is 11.6 Å². The molecule has 0 unspecified atom stereocenters. The number of hydrogen-bond acceptors (Lipinski definition) is 3. The van der Waals surface area contributed by atoms with Crippen LogP contribution in [0.4, 0.5) is 15.8 Å². The van der Waals surface area contributed by atoms with Crippen LogP contribution in [0.5, 0.6) is 5.75 Å². The lowest BCUT2D eigenvalue weighted by Crippen LogP contribution is -2.13. The summed E-state index contributed by atoms with van der Waals surface area (Å²) < 4.78 is 13.0. The van der Waals surface area contributed by atoms with E-state index in [1.807, 2.05) is 0 Å². The molecular formula is C13H10ClFN2O2. The third-order valence-electron chi connectivity index (χ3n) is 2.47. The first-order chi connectivity index (χ1) is 8.97. The normalized spacial score (nSPS) is 10.2. The highest BCUT2D eigenvalue weighted by Crippen LogP contribution is 2.24. The van der Waals surface area contributed by atoms with E-state index in [0.29, 0.717) is 5.69 Å². The predicted molar refractivity (Wildman–Crippen MR) is 71.9 cm³/mol. The molecule has 0 atom stereocenters. The van der Waals surface area contributed by atoms with Gasteiger partial charge in [-0.05, 0) is 30.3 Å². The molecular weight excluding hydrogens is 271 g/mol. The summed E-state index contributed by atoms with van der Waals surface area (Å²) in [6.45, 7) is 0. The van der Waals surface area contributed by atoms with Gasteiger partial charge in [0.05, 0.1) is 16.4 Å². The number of carbonyl (C=O) groups excluding carboxylic acids is 1. The monoisotopic (exact) mass is 280 g/mol. The molecule has 4 N–H and O–H groups in total. The lowest BCUT2D eigenvalue weighted by Gasteiger charge is -2.08. The number of aromatic hydroxyl groups is 1. The van der Waals surface area contributed by atoms with Gasteiger partial charge < -0.3 is 16.2 Å². The molecule has 0 saturated heterocycles. The number of nitrogens with one attached hydrogen (secondary N) is 1. The van der Waals surface area contributed by atoms with Gasteiger partial charge in [-0.3, -0.25) is 4.79 Å². The number of nitrogens with two attached hydrogens (primary N) is 1. The highest BCUT2D eigenvalue weighted by molar-refractivity contribution is 6.31. The first-order valence-corrected chi connectivity index (χ1v) is 5.70. The van der Waals surface area contributed by atoms with E-state index in [0.717, 1.165) is 6.07 Å². The number of anilines is 2. The molecule has 0 bridgehead atoms. The fourth-order valence-electron chi connectivity index (χ4n) is 1.50. The van der Waals surface area contributed by atoms with E-state index in [9.17, 15) is 14.3 Å². The molecule has 1 amide bonds. The van der Waals surface area contributed by atoms with Crippen molar-refractivity contribution >= 4 is 28.9 Å². The van der Waals surface area contributed by atoms with E-state index >= 15 is 0 Å². The van der Waals surface area contributed by atoms with Crippen molar-refractivity contribution in [2.75, 3.05) is 11.1 Å². The number of benzene rings is 2. The molecule has 19 heavy (non-hydrogen) atoms. The summed E-state index contributed by atoms with van der Waals surface area (Å²) in [6, 6.07) is 7.82. The van der Waals surface area contributed by atoms with Gasteiger partial charge >= 0.3 is 0 Å². The number of halogens is 2. The molecule has 0 radical (unpaired) electrons. The molecule has 0 aliphatic carbocycles. The Morgan fingerprint density at radius 1 is 1.26 bits per heavy atom. The standard InChI is InChI=1S/C13H10ClFN2O2/c14-9-5-7(1-3-10(9)15)13(19)17-12-4-2-8(18)6-11(12)16/h1-6,18H,16H2,(H,17,19). The molecule has 0 fully saturated rings. The molecule has 2 rings (SSSR count). The zero-order chi connectivity index (χ0) is 14.0. The summed E-state index contributed by atoms with van der Waals surface area (Å²) in [5.74, 6) is -1.07. The number of phenols is 1. The zero-order valence-corrected chi connectivity index (χ0v) is 10.4. The van der Waals surface area contributed by atoms with Crippen molar-refractivity contribution in [3.05, 3.63) is 52.8 Å². The van der Waals surface area contributed by atoms with Gasteiger partial charge in [0, 0.05) is 11.6 Å². The third kappa shape index (κ3) is 2.95. The Bertz CT molecular complexity index is 647. The minimum atomic E-state index is -0.595. The summed E-state index contributed by atoms with van der Waals surface area (Å²) in [7, 11) is 0. The molecule has 0 saturated carbocycles. The molecule has 4 nitrogen and oxygen atoms in total. The topological polar surface area (TPSA) is 75.3 Å². The van der Waals surface area contributed by atoms with Crippen LogP contribution in [0.15, 0.2) is 36.4 Å². The zero-order valence-electron chi connectivity index (χ0n) is 9.65. The second-order valence-electron chi connectivity index (χ2n) is 3.85. The quantitative estimate of drug-likeness (QED) is 0.585. The second-order valence-corrected chi connectivity index (χ2v) is 4.26. The molecule has 0 aliphatic heterocycles. The average Bonchev–Trinajstić information content (AvgIpc) is 2.36. The van der Waals surface area contributed by atoms with Gasteiger partial charge in [0.25, 0.3) is 5.91 Å². The van der Waals surface area contributed by atoms with E-state index in [-0.39, 0.29) is 22.0 Å². The van der Waals surface area contributed by atoms with Crippen molar-refractivity contribution in [2.45, 2.75) is 0 Å². The van der Waals surface area contributed by atoms with Gasteiger partial charge in [-0.15, -0.1) is 0 Å². The molecule has 2 aromatic rings. The number of hydrogen-bond donors (Lipinski definition) is 3. The molecule has 0 heterocycles. The van der Waals surface area contributed by atoms with Crippen LogP contribution in [0, 0.1) is 5.82 Å². The largest absolute Gasteiger partial charge is 0.508 e. The first kappa shape index (κ1) is 13.2. The second kappa shape index (κ2) is 5.16. The maximum absolute atomic E-state index is 13.0. The third-order valence-corrected chi connectivity index (χ3v) is 2.75. The van der Waals surface area contributed by atoms with Gasteiger partial charge in [0.1, 0.15) is 11.6 Å². The van der Waals surface area contributed by atoms with Crippen LogP contribution in [0.1, 0.15) is 10.4 Å². The molecule has 6 heteroatoms. The molecule has 0 aromatic heterocycles. The molecule has 0 aliphatic rings. The minimum absolute atomic E-state index is 0.000301. The van der Waals surface area contributed by atoms with Gasteiger partial charge in [-0.25, -0.2) is 4.39 Å². The van der Waals surface area contributed by atoms with Crippen molar-refractivity contribution in [1.82, 2.24) is 0 Å². The fourth-order valence-corrected chi connectivity index (χ4v) is 1.68. The SMILES string of the molecule is Nc1cc(O)ccc1NC(=O)c1ccc(F)c(Cl)c1. The summed E-state index contributed by atoms with van der Waals surface area (Å²) in [6.07, 6.45) is 0. The van der Waals surface area contributed by atoms with E-state index in [1.165, 1.54) is 30.3 Å². The van der Waals surface area contributed by atoms with Crippen LogP contribution < -0.4 is 11.1 Å². The van der Waals surface area contributed by atoms with Crippen molar-refractivity contribution in [3.8, 4) is 5.75 Å². The van der Waals surface area contributed by atoms with Crippen molar-refractivity contribution in [1.29, 1.82) is 0 Å². The minimum Gasteiger partial charge on any atom is -0.508 e.